The minimum Gasteiger partial charge on any atom is -0.481 e. The van der Waals surface area contributed by atoms with Crippen molar-refractivity contribution < 1.29 is 23.9 Å². The predicted octanol–water partition coefficient (Wildman–Crippen LogP) is 0.732. The zero-order valence-electron chi connectivity index (χ0n) is 10.7. The van der Waals surface area contributed by atoms with E-state index in [1.54, 1.807) is 11.4 Å². The first-order valence-corrected chi connectivity index (χ1v) is 6.70. The van der Waals surface area contributed by atoms with E-state index in [0.717, 1.165) is 11.3 Å². The summed E-state index contributed by atoms with van der Waals surface area (Å²) in [5.74, 6) is -1.85. The van der Waals surface area contributed by atoms with Crippen molar-refractivity contribution in [3.63, 3.8) is 0 Å². The van der Waals surface area contributed by atoms with Gasteiger partial charge in [-0.2, -0.15) is 0 Å². The second kappa shape index (κ2) is 6.66. The Hall–Kier alpha value is -2.68. The molecule has 8 nitrogen and oxygen atoms in total. The van der Waals surface area contributed by atoms with Crippen LogP contribution >= 0.6 is 11.3 Å². The van der Waals surface area contributed by atoms with Crippen molar-refractivity contribution in [1.82, 2.24) is 10.3 Å². The summed E-state index contributed by atoms with van der Waals surface area (Å²) in [5, 5.41) is 15.3. The molecule has 0 aliphatic carbocycles. The second-order valence-corrected chi connectivity index (χ2v) is 4.78. The zero-order chi connectivity index (χ0) is 15.2. The molecule has 2 amide bonds. The normalized spacial score (nSPS) is 10.1. The fourth-order valence-electron chi connectivity index (χ4n) is 1.42. The third-order valence-electron chi connectivity index (χ3n) is 2.28. The van der Waals surface area contributed by atoms with Crippen LogP contribution in [0.25, 0.3) is 0 Å². The van der Waals surface area contributed by atoms with Crippen LogP contribution in [0.1, 0.15) is 16.2 Å². The Bertz CT molecular complexity index is 650. The lowest BCUT2D eigenvalue weighted by Crippen LogP contribution is -2.32. The van der Waals surface area contributed by atoms with Crippen molar-refractivity contribution >= 4 is 34.3 Å². The molecule has 0 spiro atoms. The number of aromatic nitrogens is 1. The van der Waals surface area contributed by atoms with E-state index in [0.29, 0.717) is 5.69 Å². The molecular formula is C12H11N3O5S. The number of nitrogens with one attached hydrogen (secondary N) is 2. The van der Waals surface area contributed by atoms with Crippen LogP contribution in [0, 0.1) is 0 Å². The lowest BCUT2D eigenvalue weighted by molar-refractivity contribution is -0.136. The topological polar surface area (TPSA) is 122 Å². The first-order chi connectivity index (χ1) is 10.0. The van der Waals surface area contributed by atoms with Crippen LogP contribution in [-0.2, 0) is 16.0 Å². The molecule has 0 atom stereocenters. The van der Waals surface area contributed by atoms with Crippen molar-refractivity contribution in [1.29, 1.82) is 0 Å². The summed E-state index contributed by atoms with van der Waals surface area (Å²) in [5.41, 5.74) is 0.363. The summed E-state index contributed by atoms with van der Waals surface area (Å²) in [6, 6.07) is 3.04. The number of furan rings is 1. The van der Waals surface area contributed by atoms with Crippen LogP contribution in [0.3, 0.4) is 0 Å². The fourth-order valence-corrected chi connectivity index (χ4v) is 2.15. The molecule has 0 aromatic carbocycles. The van der Waals surface area contributed by atoms with E-state index in [2.05, 4.69) is 15.6 Å². The minimum absolute atomic E-state index is 0.112. The van der Waals surface area contributed by atoms with Crippen LogP contribution in [-0.4, -0.2) is 34.4 Å². The monoisotopic (exact) mass is 309 g/mol. The molecule has 9 heteroatoms. The number of carboxylic acids is 1. The number of carbonyl (C=O) groups excluding carboxylic acids is 2. The van der Waals surface area contributed by atoms with E-state index in [9.17, 15) is 14.4 Å². The number of anilines is 1. The highest BCUT2D eigenvalue weighted by Gasteiger charge is 2.12. The van der Waals surface area contributed by atoms with Gasteiger partial charge in [0.15, 0.2) is 10.9 Å². The summed E-state index contributed by atoms with van der Waals surface area (Å²) in [6.07, 6.45) is 1.15. The number of hydrogen-bond acceptors (Lipinski definition) is 6. The molecule has 21 heavy (non-hydrogen) atoms. The van der Waals surface area contributed by atoms with Gasteiger partial charge in [-0.05, 0) is 12.1 Å². The van der Waals surface area contributed by atoms with Crippen molar-refractivity contribution in [3.8, 4) is 0 Å². The first kappa shape index (κ1) is 14.7. The number of carboxylic acid groups (broad SMARTS) is 1. The van der Waals surface area contributed by atoms with Crippen LogP contribution in [0.2, 0.25) is 0 Å². The highest BCUT2D eigenvalue weighted by Crippen LogP contribution is 2.15. The van der Waals surface area contributed by atoms with E-state index >= 15 is 0 Å². The van der Waals surface area contributed by atoms with E-state index in [-0.39, 0.29) is 23.9 Å². The second-order valence-electron chi connectivity index (χ2n) is 3.92. The van der Waals surface area contributed by atoms with E-state index in [1.165, 1.54) is 12.3 Å². The van der Waals surface area contributed by atoms with Gasteiger partial charge in [-0.1, -0.05) is 0 Å². The summed E-state index contributed by atoms with van der Waals surface area (Å²) in [6.45, 7) is -0.243. The van der Waals surface area contributed by atoms with Crippen LogP contribution < -0.4 is 10.6 Å². The Morgan fingerprint density at radius 2 is 2.19 bits per heavy atom. The molecular weight excluding hydrogens is 298 g/mol. The number of aliphatic carboxylic acids is 1. The molecule has 2 aromatic heterocycles. The molecule has 110 valence electrons. The third kappa shape index (κ3) is 4.42. The molecule has 0 saturated heterocycles. The Labute approximate surface area is 122 Å². The SMILES string of the molecule is O=C(O)Cc1csc(NC(=O)CNC(=O)c2ccco2)n1. The number of amides is 2. The van der Waals surface area contributed by atoms with Gasteiger partial charge in [0.1, 0.15) is 0 Å². The molecule has 0 radical (unpaired) electrons. The summed E-state index contributed by atoms with van der Waals surface area (Å²) in [4.78, 5) is 37.6. The van der Waals surface area contributed by atoms with Gasteiger partial charge in [0.05, 0.1) is 24.9 Å². The highest BCUT2D eigenvalue weighted by atomic mass is 32.1. The smallest absolute Gasteiger partial charge is 0.309 e. The first-order valence-electron chi connectivity index (χ1n) is 5.82. The van der Waals surface area contributed by atoms with Gasteiger partial charge in [-0.15, -0.1) is 11.3 Å². The van der Waals surface area contributed by atoms with Gasteiger partial charge >= 0.3 is 5.97 Å². The van der Waals surface area contributed by atoms with Crippen molar-refractivity contribution in [2.24, 2.45) is 0 Å². The van der Waals surface area contributed by atoms with Crippen molar-refractivity contribution in [3.05, 3.63) is 35.2 Å². The van der Waals surface area contributed by atoms with Gasteiger partial charge in [-0.3, -0.25) is 14.4 Å². The maximum absolute atomic E-state index is 11.6. The number of hydrogen-bond donors (Lipinski definition) is 3. The largest absolute Gasteiger partial charge is 0.481 e. The van der Waals surface area contributed by atoms with Crippen LogP contribution in [0.5, 0.6) is 0 Å². The fraction of sp³-hybridized carbons (Fsp3) is 0.167. The van der Waals surface area contributed by atoms with E-state index in [4.69, 9.17) is 9.52 Å². The maximum atomic E-state index is 11.6. The number of carbonyl (C=O) groups is 3. The summed E-state index contributed by atoms with van der Waals surface area (Å²) >= 11 is 1.11. The molecule has 0 aliphatic rings. The molecule has 0 bridgehead atoms. The number of nitrogens with zero attached hydrogens (tertiary/aromatic N) is 1. The maximum Gasteiger partial charge on any atom is 0.309 e. The summed E-state index contributed by atoms with van der Waals surface area (Å²) in [7, 11) is 0. The average Bonchev–Trinajstić information content (AvgIpc) is 3.07. The van der Waals surface area contributed by atoms with E-state index in [1.807, 2.05) is 0 Å². The molecule has 0 unspecified atom stereocenters. The number of thiazole rings is 1. The average molecular weight is 309 g/mol. The molecule has 3 N–H and O–H groups in total. The molecule has 0 saturated carbocycles. The Balaban J connectivity index is 1.80. The number of rotatable bonds is 6. The lowest BCUT2D eigenvalue weighted by atomic mass is 10.3. The lowest BCUT2D eigenvalue weighted by Gasteiger charge is -2.03. The van der Waals surface area contributed by atoms with Gasteiger partial charge in [0, 0.05) is 5.38 Å². The molecule has 2 rings (SSSR count). The zero-order valence-corrected chi connectivity index (χ0v) is 11.5. The molecule has 0 fully saturated rings. The molecule has 0 aliphatic heterocycles. The van der Waals surface area contributed by atoms with E-state index < -0.39 is 17.8 Å². The molecule has 2 aromatic rings. The van der Waals surface area contributed by atoms with Gasteiger partial charge in [-0.25, -0.2) is 4.98 Å². The van der Waals surface area contributed by atoms with Gasteiger partial charge < -0.3 is 20.2 Å². The standard InChI is InChI=1S/C12H11N3O5S/c16-9(5-13-11(19)8-2-1-3-20-8)15-12-14-7(6-21-12)4-10(17)18/h1-3,6H,4-5H2,(H,13,19)(H,17,18)(H,14,15,16). The Morgan fingerprint density at radius 1 is 1.38 bits per heavy atom. The quantitative estimate of drug-likeness (QED) is 0.723. The van der Waals surface area contributed by atoms with Crippen molar-refractivity contribution in [2.45, 2.75) is 6.42 Å². The van der Waals surface area contributed by atoms with Crippen molar-refractivity contribution in [2.75, 3.05) is 11.9 Å². The van der Waals surface area contributed by atoms with Gasteiger partial charge in [0.25, 0.3) is 5.91 Å². The summed E-state index contributed by atoms with van der Waals surface area (Å²) < 4.78 is 4.88. The molecule has 2 heterocycles. The third-order valence-corrected chi connectivity index (χ3v) is 3.09. The van der Waals surface area contributed by atoms with Crippen LogP contribution in [0.4, 0.5) is 5.13 Å². The predicted molar refractivity (Wildman–Crippen MR) is 73.1 cm³/mol. The van der Waals surface area contributed by atoms with Crippen LogP contribution in [0.15, 0.2) is 28.2 Å². The van der Waals surface area contributed by atoms with Gasteiger partial charge in [0.2, 0.25) is 5.91 Å². The Morgan fingerprint density at radius 3 is 2.86 bits per heavy atom. The Kier molecular flexibility index (Phi) is 4.67. The highest BCUT2D eigenvalue weighted by molar-refractivity contribution is 7.13. The minimum atomic E-state index is -0.996.